The lowest BCUT2D eigenvalue weighted by Crippen LogP contribution is -2.54. The van der Waals surface area contributed by atoms with Gasteiger partial charge in [0, 0.05) is 12.5 Å². The molecule has 0 amide bonds. The van der Waals surface area contributed by atoms with E-state index in [9.17, 15) is 4.79 Å². The fraction of sp³-hybridized carbons (Fsp3) is 0.774. The lowest BCUT2D eigenvalue weighted by molar-refractivity contribution is -0.145. The van der Waals surface area contributed by atoms with Crippen LogP contribution in [0.15, 0.2) is 30.3 Å². The Hall–Kier alpha value is -1.35. The lowest BCUT2D eigenvalue weighted by atomic mass is 9.44. The van der Waals surface area contributed by atoms with Crippen LogP contribution in [0.4, 0.5) is 0 Å². The summed E-state index contributed by atoms with van der Waals surface area (Å²) < 4.78 is 5.56. The summed E-state index contributed by atoms with van der Waals surface area (Å²) in [6, 6.07) is 10.5. The predicted molar refractivity (Wildman–Crippen MR) is 138 cm³/mol. The zero-order valence-corrected chi connectivity index (χ0v) is 21.8. The Bertz CT molecular complexity index is 854. The quantitative estimate of drug-likeness (QED) is 0.455. The minimum atomic E-state index is -0.0409. The van der Waals surface area contributed by atoms with E-state index in [-0.39, 0.29) is 5.97 Å². The fourth-order valence-electron chi connectivity index (χ4n) is 9.62. The number of carbonyl (C=O) groups excluding carboxylic acids is 1. The number of ether oxygens (including phenoxy) is 1. The number of nitrogens with two attached hydrogens (primary N) is 1. The molecule has 3 heteroatoms. The van der Waals surface area contributed by atoms with Gasteiger partial charge in [0.05, 0.1) is 0 Å². The van der Waals surface area contributed by atoms with E-state index in [1.54, 1.807) is 0 Å². The van der Waals surface area contributed by atoms with Crippen LogP contribution in [-0.2, 0) is 16.1 Å². The SMILES string of the molecule is C[C@H](CCC(=O)OCc1ccccc1)[C@H]1CC[C@H]2[C@@H]3CC[C@@H]4C[C@@H](N)CC[C@]4(C)[C@H]3CC[C@]12C. The second-order valence-electron chi connectivity index (χ2n) is 13.1. The summed E-state index contributed by atoms with van der Waals surface area (Å²) in [6.45, 7) is 8.07. The molecule has 1 aromatic rings. The summed E-state index contributed by atoms with van der Waals surface area (Å²) in [5.74, 6) is 4.89. The van der Waals surface area contributed by atoms with Gasteiger partial charge in [0.1, 0.15) is 6.61 Å². The van der Waals surface area contributed by atoms with E-state index in [0.717, 1.165) is 41.6 Å². The second-order valence-corrected chi connectivity index (χ2v) is 13.1. The normalized spacial score (nSPS) is 42.2. The van der Waals surface area contributed by atoms with Gasteiger partial charge in [0.2, 0.25) is 0 Å². The standard InChI is InChI=1S/C31H47NO2/c1-21(9-14-29(33)34-20-22-7-5-4-6-8-22)26-12-13-27-25-11-10-23-19-24(32)15-17-30(23,2)28(25)16-18-31(26,27)3/h4-8,21,23-28H,9-20,32H2,1-3H3/t21-,23-,24+,25+,26-,27+,28+,30+,31-/m1/s1. The van der Waals surface area contributed by atoms with Crippen molar-refractivity contribution in [1.29, 1.82) is 0 Å². The van der Waals surface area contributed by atoms with E-state index in [2.05, 4.69) is 20.8 Å². The highest BCUT2D eigenvalue weighted by Crippen LogP contribution is 2.68. The topological polar surface area (TPSA) is 52.3 Å². The molecule has 0 radical (unpaired) electrons. The van der Waals surface area contributed by atoms with Crippen molar-refractivity contribution in [1.82, 2.24) is 0 Å². The van der Waals surface area contributed by atoms with Gasteiger partial charge in [0.15, 0.2) is 0 Å². The van der Waals surface area contributed by atoms with E-state index in [1.807, 2.05) is 30.3 Å². The van der Waals surface area contributed by atoms with Crippen LogP contribution in [0.5, 0.6) is 0 Å². The molecule has 1 aromatic carbocycles. The molecule has 0 bridgehead atoms. The average molecular weight is 466 g/mol. The smallest absolute Gasteiger partial charge is 0.306 e. The molecule has 2 N–H and O–H groups in total. The maximum atomic E-state index is 12.4. The van der Waals surface area contributed by atoms with E-state index < -0.39 is 0 Å². The van der Waals surface area contributed by atoms with Gasteiger partial charge in [-0.3, -0.25) is 4.79 Å². The molecule has 4 aliphatic rings. The third kappa shape index (κ3) is 4.36. The first kappa shape index (κ1) is 24.3. The summed E-state index contributed by atoms with van der Waals surface area (Å²) in [5.41, 5.74) is 8.45. The zero-order valence-electron chi connectivity index (χ0n) is 21.8. The molecule has 3 nitrogen and oxygen atoms in total. The number of carbonyl (C=O) groups is 1. The van der Waals surface area contributed by atoms with Crippen LogP contribution < -0.4 is 5.73 Å². The molecular weight excluding hydrogens is 418 g/mol. The summed E-state index contributed by atoms with van der Waals surface area (Å²) in [6.07, 6.45) is 13.8. The van der Waals surface area contributed by atoms with Crippen molar-refractivity contribution in [3.8, 4) is 0 Å². The van der Waals surface area contributed by atoms with Gasteiger partial charge in [-0.05, 0) is 116 Å². The zero-order chi connectivity index (χ0) is 23.9. The Balaban J connectivity index is 1.18. The van der Waals surface area contributed by atoms with E-state index in [4.69, 9.17) is 10.5 Å². The molecule has 188 valence electrons. The maximum Gasteiger partial charge on any atom is 0.306 e. The van der Waals surface area contributed by atoms with Gasteiger partial charge in [0.25, 0.3) is 0 Å². The first-order chi connectivity index (χ1) is 16.3. The van der Waals surface area contributed by atoms with E-state index >= 15 is 0 Å². The molecule has 4 saturated carbocycles. The van der Waals surface area contributed by atoms with Crippen LogP contribution in [0.25, 0.3) is 0 Å². The van der Waals surface area contributed by atoms with Crippen LogP contribution in [0.1, 0.15) is 97.0 Å². The lowest BCUT2D eigenvalue weighted by Gasteiger charge is -2.61. The second kappa shape index (κ2) is 9.60. The molecule has 0 unspecified atom stereocenters. The number of benzene rings is 1. The summed E-state index contributed by atoms with van der Waals surface area (Å²) in [5, 5.41) is 0. The maximum absolute atomic E-state index is 12.4. The predicted octanol–water partition coefficient (Wildman–Crippen LogP) is 7.13. The van der Waals surface area contributed by atoms with E-state index in [1.165, 1.54) is 57.8 Å². The number of hydrogen-bond acceptors (Lipinski definition) is 3. The van der Waals surface area contributed by atoms with Gasteiger partial charge in [-0.2, -0.15) is 0 Å². The first-order valence-corrected chi connectivity index (χ1v) is 14.3. The molecule has 0 aromatic heterocycles. The van der Waals surface area contributed by atoms with Crippen molar-refractivity contribution in [2.24, 2.45) is 52.1 Å². The monoisotopic (exact) mass is 465 g/mol. The molecule has 0 heterocycles. The molecular formula is C31H47NO2. The van der Waals surface area contributed by atoms with Crippen LogP contribution in [0, 0.1) is 46.3 Å². The van der Waals surface area contributed by atoms with Crippen molar-refractivity contribution in [2.75, 3.05) is 0 Å². The largest absolute Gasteiger partial charge is 0.461 e. The fourth-order valence-corrected chi connectivity index (χ4v) is 9.62. The highest BCUT2D eigenvalue weighted by molar-refractivity contribution is 5.69. The molecule has 4 aliphatic carbocycles. The van der Waals surface area contributed by atoms with Crippen LogP contribution in [-0.4, -0.2) is 12.0 Å². The number of fused-ring (bicyclic) bond motifs is 5. The number of hydrogen-bond donors (Lipinski definition) is 1. The Morgan fingerprint density at radius 3 is 2.53 bits per heavy atom. The molecule has 0 aliphatic heterocycles. The van der Waals surface area contributed by atoms with Gasteiger partial charge in [-0.15, -0.1) is 0 Å². The van der Waals surface area contributed by atoms with Crippen LogP contribution in [0.3, 0.4) is 0 Å². The van der Waals surface area contributed by atoms with Gasteiger partial charge in [-0.1, -0.05) is 51.1 Å². The highest BCUT2D eigenvalue weighted by atomic mass is 16.5. The first-order valence-electron chi connectivity index (χ1n) is 14.3. The Morgan fingerprint density at radius 2 is 1.74 bits per heavy atom. The van der Waals surface area contributed by atoms with Crippen LogP contribution in [0.2, 0.25) is 0 Å². The Morgan fingerprint density at radius 1 is 1.00 bits per heavy atom. The van der Waals surface area contributed by atoms with Crippen molar-refractivity contribution >= 4 is 5.97 Å². The molecule has 5 rings (SSSR count). The van der Waals surface area contributed by atoms with Crippen molar-refractivity contribution in [3.05, 3.63) is 35.9 Å². The minimum absolute atomic E-state index is 0.0409. The third-order valence-corrected chi connectivity index (χ3v) is 11.5. The molecule has 4 fully saturated rings. The van der Waals surface area contributed by atoms with Gasteiger partial charge in [-0.25, -0.2) is 0 Å². The van der Waals surface area contributed by atoms with Crippen LogP contribution >= 0.6 is 0 Å². The van der Waals surface area contributed by atoms with E-state index in [0.29, 0.717) is 35.8 Å². The minimum Gasteiger partial charge on any atom is -0.461 e. The summed E-state index contributed by atoms with van der Waals surface area (Å²) in [7, 11) is 0. The third-order valence-electron chi connectivity index (χ3n) is 11.5. The highest BCUT2D eigenvalue weighted by Gasteiger charge is 2.60. The summed E-state index contributed by atoms with van der Waals surface area (Å²) >= 11 is 0. The molecule has 9 atom stereocenters. The van der Waals surface area contributed by atoms with Crippen molar-refractivity contribution in [3.63, 3.8) is 0 Å². The van der Waals surface area contributed by atoms with Gasteiger partial charge < -0.3 is 10.5 Å². The van der Waals surface area contributed by atoms with Crippen molar-refractivity contribution in [2.45, 2.75) is 104 Å². The number of esters is 1. The molecule has 34 heavy (non-hydrogen) atoms. The van der Waals surface area contributed by atoms with Gasteiger partial charge >= 0.3 is 5.97 Å². The summed E-state index contributed by atoms with van der Waals surface area (Å²) in [4.78, 5) is 12.4. The Kier molecular flexibility index (Phi) is 6.88. The average Bonchev–Trinajstić information content (AvgIpc) is 3.19. The van der Waals surface area contributed by atoms with Crippen molar-refractivity contribution < 1.29 is 9.53 Å². The molecule has 0 saturated heterocycles. The molecule has 0 spiro atoms. The number of rotatable bonds is 6. The Labute approximate surface area is 207 Å².